The Morgan fingerprint density at radius 2 is 1.79 bits per heavy atom. The van der Waals surface area contributed by atoms with Gasteiger partial charge in [-0.1, -0.05) is 51.1 Å². The second kappa shape index (κ2) is 9.02. The summed E-state index contributed by atoms with van der Waals surface area (Å²) in [6.07, 6.45) is -5.46. The van der Waals surface area contributed by atoms with E-state index >= 15 is 0 Å². The van der Waals surface area contributed by atoms with E-state index in [1.165, 1.54) is 7.11 Å². The highest BCUT2D eigenvalue weighted by atomic mass is 28.4. The second-order valence-electron chi connectivity index (χ2n) is 8.59. The predicted octanol–water partition coefficient (Wildman–Crippen LogP) is 2.78. The van der Waals surface area contributed by atoms with Gasteiger partial charge in [0.25, 0.3) is 0 Å². The van der Waals surface area contributed by atoms with E-state index in [2.05, 4.69) is 20.8 Å². The van der Waals surface area contributed by atoms with Gasteiger partial charge in [0.1, 0.15) is 18.3 Å². The van der Waals surface area contributed by atoms with Gasteiger partial charge in [0.15, 0.2) is 20.7 Å². The minimum atomic E-state index is -2.37. The number of rotatable bonds is 7. The van der Waals surface area contributed by atoms with Gasteiger partial charge in [-0.3, -0.25) is 0 Å². The SMILES string of the molecule is COC1O[C@@H](C(=O)O)[C@@H](O[Si](C)(C)C(C)(C)C)[C@H](OCc2ccccc2)[C@H]1O. The first-order valence-electron chi connectivity index (χ1n) is 9.40. The van der Waals surface area contributed by atoms with E-state index in [0.29, 0.717) is 0 Å². The summed E-state index contributed by atoms with van der Waals surface area (Å²) in [5, 5.41) is 20.3. The third kappa shape index (κ3) is 5.19. The summed E-state index contributed by atoms with van der Waals surface area (Å²) in [6.45, 7) is 10.4. The van der Waals surface area contributed by atoms with Crippen LogP contribution in [0.5, 0.6) is 0 Å². The highest BCUT2D eigenvalue weighted by Crippen LogP contribution is 2.40. The van der Waals surface area contributed by atoms with E-state index in [-0.39, 0.29) is 11.6 Å². The largest absolute Gasteiger partial charge is 0.479 e. The summed E-state index contributed by atoms with van der Waals surface area (Å²) in [5.41, 5.74) is 0.910. The molecule has 8 heteroatoms. The highest BCUT2D eigenvalue weighted by Gasteiger charge is 2.53. The molecule has 1 aliphatic heterocycles. The van der Waals surface area contributed by atoms with Crippen molar-refractivity contribution in [2.45, 2.75) is 76.2 Å². The number of benzene rings is 1. The molecule has 0 spiro atoms. The molecule has 2 N–H and O–H groups in total. The van der Waals surface area contributed by atoms with Crippen LogP contribution < -0.4 is 0 Å². The van der Waals surface area contributed by atoms with Gasteiger partial charge in [-0.25, -0.2) is 4.79 Å². The fourth-order valence-electron chi connectivity index (χ4n) is 2.82. The molecule has 158 valence electrons. The van der Waals surface area contributed by atoms with Gasteiger partial charge < -0.3 is 28.8 Å². The lowest BCUT2D eigenvalue weighted by Gasteiger charge is -2.47. The molecule has 1 heterocycles. The Balaban J connectivity index is 2.32. The van der Waals surface area contributed by atoms with Crippen LogP contribution in [0.2, 0.25) is 18.1 Å². The van der Waals surface area contributed by atoms with Gasteiger partial charge in [0.05, 0.1) is 6.61 Å². The molecule has 1 unspecified atom stereocenters. The number of aliphatic hydroxyl groups excluding tert-OH is 1. The third-order valence-electron chi connectivity index (χ3n) is 5.52. The summed E-state index contributed by atoms with van der Waals surface area (Å²) in [6, 6.07) is 9.48. The van der Waals surface area contributed by atoms with Crippen LogP contribution in [0.3, 0.4) is 0 Å². The molecule has 0 aliphatic carbocycles. The van der Waals surface area contributed by atoms with E-state index in [9.17, 15) is 15.0 Å². The summed E-state index contributed by atoms with van der Waals surface area (Å²) in [5.74, 6) is -1.18. The minimum Gasteiger partial charge on any atom is -0.479 e. The molecule has 7 nitrogen and oxygen atoms in total. The third-order valence-corrected chi connectivity index (χ3v) is 9.99. The van der Waals surface area contributed by atoms with E-state index in [4.69, 9.17) is 18.6 Å². The number of carboxylic acids is 1. The molecule has 5 atom stereocenters. The van der Waals surface area contributed by atoms with Gasteiger partial charge in [-0.2, -0.15) is 0 Å². The van der Waals surface area contributed by atoms with Crippen molar-refractivity contribution < 1.29 is 33.6 Å². The Kier molecular flexibility index (Phi) is 7.41. The fraction of sp³-hybridized carbons (Fsp3) is 0.650. The molecule has 28 heavy (non-hydrogen) atoms. The number of methoxy groups -OCH3 is 1. The van der Waals surface area contributed by atoms with Crippen molar-refractivity contribution in [1.29, 1.82) is 0 Å². The standard InChI is InChI=1S/C20H32O7Si/c1-20(2,3)28(5,6)27-16-15(25-12-13-10-8-7-9-11-13)14(21)19(24-4)26-17(16)18(22)23/h7-11,14-17,19,21H,12H2,1-6H3,(H,22,23)/t14-,15-,16+,17-,19?/m1/s1. The fourth-order valence-corrected chi connectivity index (χ4v) is 4.12. The van der Waals surface area contributed by atoms with E-state index in [1.807, 2.05) is 43.4 Å². The maximum absolute atomic E-state index is 11.9. The van der Waals surface area contributed by atoms with Gasteiger partial charge in [-0.15, -0.1) is 0 Å². The normalized spacial score (nSPS) is 28.9. The van der Waals surface area contributed by atoms with Crippen molar-refractivity contribution in [3.05, 3.63) is 35.9 Å². The summed E-state index contributed by atoms with van der Waals surface area (Å²) in [4.78, 5) is 11.9. The van der Waals surface area contributed by atoms with Gasteiger partial charge in [0, 0.05) is 7.11 Å². The van der Waals surface area contributed by atoms with Crippen molar-refractivity contribution in [3.63, 3.8) is 0 Å². The quantitative estimate of drug-likeness (QED) is 0.665. The molecule has 1 aliphatic rings. The smallest absolute Gasteiger partial charge is 0.335 e. The van der Waals surface area contributed by atoms with Crippen LogP contribution >= 0.6 is 0 Å². The first kappa shape index (κ1) is 23.0. The Morgan fingerprint density at radius 3 is 2.29 bits per heavy atom. The minimum absolute atomic E-state index is 0.150. The summed E-state index contributed by atoms with van der Waals surface area (Å²) >= 11 is 0. The number of carboxylic acid groups (broad SMARTS) is 1. The van der Waals surface area contributed by atoms with Gasteiger partial charge in [-0.05, 0) is 23.7 Å². The zero-order valence-corrected chi connectivity index (χ0v) is 18.4. The van der Waals surface area contributed by atoms with E-state index in [1.54, 1.807) is 0 Å². The van der Waals surface area contributed by atoms with Gasteiger partial charge in [0.2, 0.25) is 0 Å². The van der Waals surface area contributed by atoms with Crippen molar-refractivity contribution in [1.82, 2.24) is 0 Å². The average Bonchev–Trinajstić information content (AvgIpc) is 2.61. The average molecular weight is 413 g/mol. The Hall–Kier alpha value is -1.29. The molecule has 0 radical (unpaired) electrons. The molecule has 1 aromatic carbocycles. The number of hydrogen-bond acceptors (Lipinski definition) is 6. The molecule has 0 saturated carbocycles. The molecule has 0 aromatic heterocycles. The monoisotopic (exact) mass is 412 g/mol. The maximum atomic E-state index is 11.9. The Bertz CT molecular complexity index is 644. The zero-order valence-electron chi connectivity index (χ0n) is 17.4. The highest BCUT2D eigenvalue weighted by molar-refractivity contribution is 6.74. The van der Waals surface area contributed by atoms with Gasteiger partial charge >= 0.3 is 5.97 Å². The molecule has 2 rings (SSSR count). The molecular weight excluding hydrogens is 380 g/mol. The molecule has 1 fully saturated rings. The predicted molar refractivity (Wildman–Crippen MR) is 106 cm³/mol. The number of carbonyl (C=O) groups is 1. The molecule has 1 saturated heterocycles. The molecular formula is C20H32O7Si. The van der Waals surface area contributed by atoms with E-state index in [0.717, 1.165) is 5.56 Å². The topological polar surface area (TPSA) is 94.5 Å². The first-order chi connectivity index (χ1) is 13.0. The second-order valence-corrected chi connectivity index (χ2v) is 13.3. The lowest BCUT2D eigenvalue weighted by atomic mass is 9.98. The van der Waals surface area contributed by atoms with Crippen LogP contribution in [0.1, 0.15) is 26.3 Å². The number of aliphatic carboxylic acids is 1. The number of hydrogen-bond donors (Lipinski definition) is 2. The summed E-state index contributed by atoms with van der Waals surface area (Å²) < 4.78 is 23.0. The van der Waals surface area contributed by atoms with Crippen molar-refractivity contribution >= 4 is 14.3 Å². The molecule has 1 aromatic rings. The lowest BCUT2D eigenvalue weighted by Crippen LogP contribution is -2.64. The van der Waals surface area contributed by atoms with Crippen LogP contribution in [0.15, 0.2) is 30.3 Å². The number of ether oxygens (including phenoxy) is 3. The Morgan fingerprint density at radius 1 is 1.18 bits per heavy atom. The lowest BCUT2D eigenvalue weighted by molar-refractivity contribution is -0.293. The number of aliphatic hydroxyl groups is 1. The van der Waals surface area contributed by atoms with Crippen LogP contribution in [0, 0.1) is 0 Å². The van der Waals surface area contributed by atoms with Crippen molar-refractivity contribution in [2.24, 2.45) is 0 Å². The molecule has 0 bridgehead atoms. The zero-order chi connectivity index (χ0) is 21.1. The molecule has 0 amide bonds. The van der Waals surface area contributed by atoms with Crippen LogP contribution in [0.4, 0.5) is 0 Å². The van der Waals surface area contributed by atoms with Crippen LogP contribution in [-0.2, 0) is 30.0 Å². The van der Waals surface area contributed by atoms with E-state index < -0.39 is 45.0 Å². The van der Waals surface area contributed by atoms with Crippen LogP contribution in [-0.4, -0.2) is 62.3 Å². The van der Waals surface area contributed by atoms with Crippen molar-refractivity contribution in [3.8, 4) is 0 Å². The maximum Gasteiger partial charge on any atom is 0.335 e. The first-order valence-corrected chi connectivity index (χ1v) is 12.3. The summed E-state index contributed by atoms with van der Waals surface area (Å²) in [7, 11) is -1.01. The Labute approximate surface area is 167 Å². The van der Waals surface area contributed by atoms with Crippen LogP contribution in [0.25, 0.3) is 0 Å². The van der Waals surface area contributed by atoms with Crippen molar-refractivity contribution in [2.75, 3.05) is 7.11 Å².